The lowest BCUT2D eigenvalue weighted by Gasteiger charge is -2.04. The number of nitrogens with two attached hydrogens (primary N) is 1. The van der Waals surface area contributed by atoms with E-state index in [0.29, 0.717) is 12.0 Å². The Kier molecular flexibility index (Phi) is 4.70. The first-order chi connectivity index (χ1) is 5.07. The number of allylic oxidation sites excluding steroid dienone is 1. The van der Waals surface area contributed by atoms with Gasteiger partial charge in [-0.05, 0) is 25.1 Å². The van der Waals surface area contributed by atoms with E-state index in [9.17, 15) is 4.79 Å². The van der Waals surface area contributed by atoms with E-state index in [1.807, 2.05) is 0 Å². The van der Waals surface area contributed by atoms with Crippen LogP contribution >= 0.6 is 12.6 Å². The van der Waals surface area contributed by atoms with Gasteiger partial charge in [-0.2, -0.15) is 12.6 Å². The zero-order valence-electron chi connectivity index (χ0n) is 6.58. The number of carbonyl (C=O) groups excluding carboxylic acids is 1. The second kappa shape index (κ2) is 5.02. The van der Waals surface area contributed by atoms with E-state index in [-0.39, 0.29) is 11.0 Å². The molecule has 2 nitrogen and oxygen atoms in total. The standard InChI is InChI=1S/C8H13NOS/c1-6(7(2)10)5-8(11)3-4-9/h3-4,8,11H,1,5,9H2,2H3/b4-3-/t8-/m1/s1. The van der Waals surface area contributed by atoms with E-state index in [0.717, 1.165) is 0 Å². The predicted octanol–water partition coefficient (Wildman–Crippen LogP) is 1.29. The van der Waals surface area contributed by atoms with Crippen molar-refractivity contribution in [3.05, 3.63) is 24.4 Å². The van der Waals surface area contributed by atoms with Crippen LogP contribution in [0.15, 0.2) is 24.4 Å². The number of ketones is 1. The van der Waals surface area contributed by atoms with Crippen molar-refractivity contribution in [3.63, 3.8) is 0 Å². The van der Waals surface area contributed by atoms with Crippen molar-refractivity contribution in [2.75, 3.05) is 0 Å². The van der Waals surface area contributed by atoms with Crippen molar-refractivity contribution >= 4 is 18.4 Å². The molecule has 0 aliphatic rings. The molecule has 0 rings (SSSR count). The number of hydrogen-bond donors (Lipinski definition) is 2. The van der Waals surface area contributed by atoms with Gasteiger partial charge in [-0.1, -0.05) is 12.7 Å². The largest absolute Gasteiger partial charge is 0.405 e. The molecule has 3 heteroatoms. The van der Waals surface area contributed by atoms with Crippen molar-refractivity contribution in [1.82, 2.24) is 0 Å². The molecule has 0 fully saturated rings. The van der Waals surface area contributed by atoms with Crippen molar-refractivity contribution in [2.24, 2.45) is 5.73 Å². The van der Waals surface area contributed by atoms with Gasteiger partial charge in [0.15, 0.2) is 5.78 Å². The Bertz CT molecular complexity index is 187. The number of hydrogen-bond acceptors (Lipinski definition) is 3. The van der Waals surface area contributed by atoms with Gasteiger partial charge in [-0.3, -0.25) is 4.79 Å². The molecule has 0 aliphatic heterocycles. The number of Topliss-reactive ketones (excluding diaryl/α,β-unsaturated/α-hetero) is 1. The lowest BCUT2D eigenvalue weighted by atomic mass is 10.1. The van der Waals surface area contributed by atoms with Crippen LogP contribution in [-0.4, -0.2) is 11.0 Å². The third-order valence-electron chi connectivity index (χ3n) is 1.29. The molecule has 0 heterocycles. The van der Waals surface area contributed by atoms with Gasteiger partial charge in [0, 0.05) is 5.25 Å². The highest BCUT2D eigenvalue weighted by Gasteiger charge is 2.04. The molecular weight excluding hydrogens is 158 g/mol. The molecule has 0 aromatic carbocycles. The average Bonchev–Trinajstić information content (AvgIpc) is 1.87. The third kappa shape index (κ3) is 4.67. The van der Waals surface area contributed by atoms with E-state index in [2.05, 4.69) is 19.2 Å². The smallest absolute Gasteiger partial charge is 0.155 e. The third-order valence-corrected chi connectivity index (χ3v) is 1.64. The van der Waals surface area contributed by atoms with Gasteiger partial charge in [0.25, 0.3) is 0 Å². The van der Waals surface area contributed by atoms with E-state index in [1.165, 1.54) is 13.1 Å². The van der Waals surface area contributed by atoms with Gasteiger partial charge >= 0.3 is 0 Å². The summed E-state index contributed by atoms with van der Waals surface area (Å²) in [5.74, 6) is 0.00877. The van der Waals surface area contributed by atoms with Crippen LogP contribution in [0.4, 0.5) is 0 Å². The molecule has 0 saturated carbocycles. The summed E-state index contributed by atoms with van der Waals surface area (Å²) in [5, 5.41) is -0.00333. The van der Waals surface area contributed by atoms with Crippen LogP contribution < -0.4 is 5.73 Å². The lowest BCUT2D eigenvalue weighted by molar-refractivity contribution is -0.113. The van der Waals surface area contributed by atoms with Gasteiger partial charge in [0.05, 0.1) is 0 Å². The van der Waals surface area contributed by atoms with Crippen LogP contribution in [0.1, 0.15) is 13.3 Å². The second-order valence-corrected chi connectivity index (χ2v) is 2.98. The zero-order chi connectivity index (χ0) is 8.85. The summed E-state index contributed by atoms with van der Waals surface area (Å²) in [4.78, 5) is 10.7. The zero-order valence-corrected chi connectivity index (χ0v) is 7.47. The second-order valence-electron chi connectivity index (χ2n) is 2.32. The van der Waals surface area contributed by atoms with Crippen molar-refractivity contribution in [3.8, 4) is 0 Å². The van der Waals surface area contributed by atoms with Gasteiger partial charge in [-0.15, -0.1) is 0 Å². The number of rotatable bonds is 4. The number of thiol groups is 1. The van der Waals surface area contributed by atoms with E-state index in [4.69, 9.17) is 5.73 Å². The molecule has 0 saturated heterocycles. The Labute approximate surface area is 72.6 Å². The molecule has 0 radical (unpaired) electrons. The summed E-state index contributed by atoms with van der Waals surface area (Å²) in [5.41, 5.74) is 5.72. The normalized spacial score (nSPS) is 13.3. The highest BCUT2D eigenvalue weighted by molar-refractivity contribution is 7.81. The first-order valence-electron chi connectivity index (χ1n) is 3.33. The molecule has 0 unspecified atom stereocenters. The summed E-state index contributed by atoms with van der Waals surface area (Å²) < 4.78 is 0. The Balaban J connectivity index is 3.85. The Morgan fingerprint density at radius 1 is 1.82 bits per heavy atom. The van der Waals surface area contributed by atoms with Crippen LogP contribution in [0.3, 0.4) is 0 Å². The number of carbonyl (C=O) groups is 1. The Morgan fingerprint density at radius 3 is 2.73 bits per heavy atom. The molecule has 1 atom stereocenters. The summed E-state index contributed by atoms with van der Waals surface area (Å²) in [7, 11) is 0. The minimum absolute atomic E-state index is 0.00333. The van der Waals surface area contributed by atoms with Crippen LogP contribution in [0.25, 0.3) is 0 Å². The molecule has 0 bridgehead atoms. The van der Waals surface area contributed by atoms with Crippen LogP contribution in [0.2, 0.25) is 0 Å². The van der Waals surface area contributed by atoms with E-state index < -0.39 is 0 Å². The van der Waals surface area contributed by atoms with Gasteiger partial charge in [0.1, 0.15) is 0 Å². The lowest BCUT2D eigenvalue weighted by Crippen LogP contribution is -2.02. The molecule has 0 aromatic rings. The molecule has 0 amide bonds. The van der Waals surface area contributed by atoms with Crippen molar-refractivity contribution < 1.29 is 4.79 Å². The fourth-order valence-electron chi connectivity index (χ4n) is 0.592. The maximum absolute atomic E-state index is 10.7. The highest BCUT2D eigenvalue weighted by Crippen LogP contribution is 2.10. The first-order valence-corrected chi connectivity index (χ1v) is 3.84. The molecule has 0 aliphatic carbocycles. The predicted molar refractivity (Wildman–Crippen MR) is 50.5 cm³/mol. The Hall–Kier alpha value is -0.700. The quantitative estimate of drug-likeness (QED) is 0.494. The Morgan fingerprint density at radius 2 is 2.36 bits per heavy atom. The fraction of sp³-hybridized carbons (Fsp3) is 0.375. The molecule has 0 spiro atoms. The SMILES string of the molecule is C=C(C[C@H](S)/C=C\N)C(C)=O. The molecule has 62 valence electrons. The van der Waals surface area contributed by atoms with E-state index >= 15 is 0 Å². The summed E-state index contributed by atoms with van der Waals surface area (Å²) in [6, 6.07) is 0. The molecule has 11 heavy (non-hydrogen) atoms. The average molecular weight is 171 g/mol. The molecular formula is C8H13NOS. The van der Waals surface area contributed by atoms with Crippen LogP contribution in [-0.2, 0) is 4.79 Å². The first kappa shape index (κ1) is 10.3. The van der Waals surface area contributed by atoms with Gasteiger partial charge in [0.2, 0.25) is 0 Å². The summed E-state index contributed by atoms with van der Waals surface area (Å²) >= 11 is 4.16. The minimum atomic E-state index is -0.00333. The van der Waals surface area contributed by atoms with Crippen LogP contribution in [0.5, 0.6) is 0 Å². The van der Waals surface area contributed by atoms with Gasteiger partial charge < -0.3 is 5.73 Å². The maximum Gasteiger partial charge on any atom is 0.155 e. The van der Waals surface area contributed by atoms with Crippen molar-refractivity contribution in [1.29, 1.82) is 0 Å². The van der Waals surface area contributed by atoms with Crippen LogP contribution in [0, 0.1) is 0 Å². The van der Waals surface area contributed by atoms with Gasteiger partial charge in [-0.25, -0.2) is 0 Å². The molecule has 2 N–H and O–H groups in total. The fourth-order valence-corrected chi connectivity index (χ4v) is 0.912. The van der Waals surface area contributed by atoms with Crippen molar-refractivity contribution in [2.45, 2.75) is 18.6 Å². The monoisotopic (exact) mass is 171 g/mol. The molecule has 0 aromatic heterocycles. The highest BCUT2D eigenvalue weighted by atomic mass is 32.1. The summed E-state index contributed by atoms with van der Waals surface area (Å²) in [6.07, 6.45) is 3.70. The van der Waals surface area contributed by atoms with E-state index in [1.54, 1.807) is 6.08 Å². The maximum atomic E-state index is 10.7. The topological polar surface area (TPSA) is 43.1 Å². The minimum Gasteiger partial charge on any atom is -0.405 e. The summed E-state index contributed by atoms with van der Waals surface area (Å²) in [6.45, 7) is 5.10.